The molecule has 1 aliphatic carbocycles. The minimum absolute atomic E-state index is 0.0950. The molecule has 0 saturated heterocycles. The van der Waals surface area contributed by atoms with Crippen LogP contribution in [0.4, 0.5) is 0 Å². The van der Waals surface area contributed by atoms with Gasteiger partial charge in [0.05, 0.1) is 13.2 Å². The average molecular weight is 306 g/mol. The van der Waals surface area contributed by atoms with E-state index in [9.17, 15) is 14.4 Å². The van der Waals surface area contributed by atoms with Crippen LogP contribution in [-0.2, 0) is 9.53 Å². The van der Waals surface area contributed by atoms with Crippen LogP contribution in [0.25, 0.3) is 0 Å². The zero-order valence-corrected chi connectivity index (χ0v) is 13.6. The van der Waals surface area contributed by atoms with Gasteiger partial charge < -0.3 is 14.6 Å². The number of hydrogen-bond acceptors (Lipinski definition) is 4. The molecule has 1 heterocycles. The monoisotopic (exact) mass is 306 g/mol. The molecule has 0 radical (unpaired) electrons. The maximum Gasteiger partial charge on any atom is 0.354 e. The molecular formula is C16H22N2O4. The van der Waals surface area contributed by atoms with Crippen molar-refractivity contribution >= 4 is 17.7 Å². The van der Waals surface area contributed by atoms with Gasteiger partial charge in [-0.1, -0.05) is 0 Å². The lowest BCUT2D eigenvalue weighted by Crippen LogP contribution is -2.43. The van der Waals surface area contributed by atoms with Crippen LogP contribution in [0.2, 0.25) is 0 Å². The molecule has 6 nitrogen and oxygen atoms in total. The number of nitrogens with zero attached hydrogens (tertiary/aromatic N) is 1. The van der Waals surface area contributed by atoms with Gasteiger partial charge in [-0.3, -0.25) is 9.59 Å². The molecule has 2 rings (SSSR count). The van der Waals surface area contributed by atoms with Gasteiger partial charge >= 0.3 is 5.97 Å². The van der Waals surface area contributed by atoms with Crippen molar-refractivity contribution in [2.75, 3.05) is 7.11 Å². The Labute approximate surface area is 129 Å². The van der Waals surface area contributed by atoms with E-state index in [0.29, 0.717) is 16.8 Å². The number of ketones is 1. The molecule has 1 N–H and O–H groups in total. The molecule has 6 heteroatoms. The van der Waals surface area contributed by atoms with E-state index >= 15 is 0 Å². The molecule has 1 aromatic heterocycles. The van der Waals surface area contributed by atoms with Crippen LogP contribution in [-0.4, -0.2) is 46.7 Å². The van der Waals surface area contributed by atoms with E-state index in [1.165, 1.54) is 14.0 Å². The summed E-state index contributed by atoms with van der Waals surface area (Å²) in [7, 11) is 1.30. The molecule has 0 spiro atoms. The van der Waals surface area contributed by atoms with E-state index in [2.05, 4.69) is 4.98 Å². The molecule has 1 amide bonds. The number of ether oxygens (including phenoxy) is 1. The number of amides is 1. The fourth-order valence-corrected chi connectivity index (χ4v) is 2.96. The second kappa shape index (κ2) is 5.94. The lowest BCUT2D eigenvalue weighted by atomic mass is 9.99. The smallest absolute Gasteiger partial charge is 0.354 e. The Morgan fingerprint density at radius 1 is 1.27 bits per heavy atom. The number of aromatic nitrogens is 1. The third kappa shape index (κ3) is 2.77. The summed E-state index contributed by atoms with van der Waals surface area (Å²) < 4.78 is 4.71. The van der Waals surface area contributed by atoms with E-state index in [1.54, 1.807) is 25.7 Å². The molecule has 1 atom stereocenters. The quantitative estimate of drug-likeness (QED) is 0.666. The van der Waals surface area contributed by atoms with Gasteiger partial charge in [0.1, 0.15) is 5.69 Å². The Morgan fingerprint density at radius 3 is 2.32 bits per heavy atom. The number of nitrogens with one attached hydrogen (secondary N) is 1. The Balaban J connectivity index is 2.34. The molecular weight excluding hydrogens is 284 g/mol. The second-order valence-corrected chi connectivity index (χ2v) is 5.81. The van der Waals surface area contributed by atoms with Crippen molar-refractivity contribution in [1.82, 2.24) is 9.88 Å². The Hall–Kier alpha value is -2.11. The molecule has 1 fully saturated rings. The van der Waals surface area contributed by atoms with Crippen LogP contribution in [0, 0.1) is 13.8 Å². The van der Waals surface area contributed by atoms with Crippen LogP contribution in [0.3, 0.4) is 0 Å². The maximum atomic E-state index is 12.8. The highest BCUT2D eigenvalue weighted by Gasteiger charge is 2.38. The number of aromatic amines is 1. The van der Waals surface area contributed by atoms with Gasteiger partial charge in [-0.05, 0) is 39.2 Å². The van der Waals surface area contributed by atoms with Gasteiger partial charge in [0.15, 0.2) is 5.78 Å². The fraction of sp³-hybridized carbons (Fsp3) is 0.562. The Morgan fingerprint density at radius 2 is 1.86 bits per heavy atom. The minimum atomic E-state index is -0.538. The number of H-pyrrole nitrogens is 1. The van der Waals surface area contributed by atoms with Gasteiger partial charge in [-0.2, -0.15) is 0 Å². The summed E-state index contributed by atoms with van der Waals surface area (Å²) >= 11 is 0. The van der Waals surface area contributed by atoms with Gasteiger partial charge in [0.2, 0.25) is 5.91 Å². The summed E-state index contributed by atoms with van der Waals surface area (Å²) in [4.78, 5) is 40.9. The van der Waals surface area contributed by atoms with E-state index in [0.717, 1.165) is 12.8 Å². The van der Waals surface area contributed by atoms with E-state index in [-0.39, 0.29) is 23.4 Å². The van der Waals surface area contributed by atoms with Crippen molar-refractivity contribution in [2.24, 2.45) is 0 Å². The summed E-state index contributed by atoms with van der Waals surface area (Å²) in [6.07, 6.45) is 1.88. The first-order chi connectivity index (χ1) is 10.3. The lowest BCUT2D eigenvalue weighted by Gasteiger charge is -2.27. The van der Waals surface area contributed by atoms with Crippen molar-refractivity contribution < 1.29 is 19.1 Å². The third-order valence-corrected chi connectivity index (χ3v) is 4.17. The highest BCUT2D eigenvalue weighted by atomic mass is 16.5. The molecule has 0 aliphatic heterocycles. The standard InChI is InChI=1S/C16H22N2O4/c1-8-13(9(2)17-14(8)16(21)22-5)15(20)10(3)18(11(4)19)12-6-7-12/h10,12,17H,6-7H2,1-5H3. The van der Waals surface area contributed by atoms with Crippen molar-refractivity contribution in [2.45, 2.75) is 52.6 Å². The number of carbonyl (C=O) groups excluding carboxylic acids is 3. The van der Waals surface area contributed by atoms with Crippen LogP contribution in [0.5, 0.6) is 0 Å². The number of Topliss-reactive ketones (excluding diaryl/α,β-unsaturated/α-hetero) is 1. The normalized spacial score (nSPS) is 15.3. The number of hydrogen-bond donors (Lipinski definition) is 1. The molecule has 22 heavy (non-hydrogen) atoms. The number of methoxy groups -OCH3 is 1. The van der Waals surface area contributed by atoms with Gasteiger partial charge in [-0.15, -0.1) is 0 Å². The van der Waals surface area contributed by atoms with Crippen molar-refractivity contribution in [3.8, 4) is 0 Å². The number of carbonyl (C=O) groups is 3. The van der Waals surface area contributed by atoms with E-state index < -0.39 is 12.0 Å². The summed E-state index contributed by atoms with van der Waals surface area (Å²) in [5.74, 6) is -0.746. The first-order valence-corrected chi connectivity index (χ1v) is 7.40. The van der Waals surface area contributed by atoms with Crippen molar-refractivity contribution in [3.63, 3.8) is 0 Å². The van der Waals surface area contributed by atoms with Gasteiger partial charge in [0, 0.05) is 24.2 Å². The molecule has 120 valence electrons. The SMILES string of the molecule is COC(=O)c1[nH]c(C)c(C(=O)C(C)N(C(C)=O)C2CC2)c1C. The Kier molecular flexibility index (Phi) is 4.39. The number of esters is 1. The zero-order chi connectivity index (χ0) is 16.6. The predicted octanol–water partition coefficient (Wildman–Crippen LogP) is 2.00. The van der Waals surface area contributed by atoms with E-state index in [1.807, 2.05) is 0 Å². The minimum Gasteiger partial charge on any atom is -0.464 e. The molecule has 1 saturated carbocycles. The topological polar surface area (TPSA) is 79.5 Å². The highest BCUT2D eigenvalue weighted by Crippen LogP contribution is 2.30. The molecule has 0 aromatic carbocycles. The fourth-order valence-electron chi connectivity index (χ4n) is 2.96. The number of rotatable bonds is 5. The maximum absolute atomic E-state index is 12.8. The second-order valence-electron chi connectivity index (χ2n) is 5.81. The van der Waals surface area contributed by atoms with Crippen LogP contribution in [0.15, 0.2) is 0 Å². The first kappa shape index (κ1) is 16.3. The first-order valence-electron chi connectivity index (χ1n) is 7.40. The van der Waals surface area contributed by atoms with Crippen molar-refractivity contribution in [3.05, 3.63) is 22.5 Å². The molecule has 0 bridgehead atoms. The number of aryl methyl sites for hydroxylation is 1. The summed E-state index contributed by atoms with van der Waals surface area (Å²) in [5, 5.41) is 0. The molecule has 1 aromatic rings. The van der Waals surface area contributed by atoms with Gasteiger partial charge in [-0.25, -0.2) is 4.79 Å². The van der Waals surface area contributed by atoms with Crippen molar-refractivity contribution in [1.29, 1.82) is 0 Å². The highest BCUT2D eigenvalue weighted by molar-refractivity contribution is 6.06. The lowest BCUT2D eigenvalue weighted by molar-refractivity contribution is -0.130. The third-order valence-electron chi connectivity index (χ3n) is 4.17. The average Bonchev–Trinajstić information content (AvgIpc) is 3.23. The van der Waals surface area contributed by atoms with Crippen LogP contribution >= 0.6 is 0 Å². The van der Waals surface area contributed by atoms with Crippen LogP contribution in [0.1, 0.15) is 58.8 Å². The van der Waals surface area contributed by atoms with Crippen LogP contribution < -0.4 is 0 Å². The molecule has 1 aliphatic rings. The summed E-state index contributed by atoms with van der Waals surface area (Å²) in [6, 6.07) is -0.375. The Bertz CT molecular complexity index is 628. The van der Waals surface area contributed by atoms with E-state index in [4.69, 9.17) is 4.74 Å². The molecule has 1 unspecified atom stereocenters. The van der Waals surface area contributed by atoms with Gasteiger partial charge in [0.25, 0.3) is 0 Å². The largest absolute Gasteiger partial charge is 0.464 e. The summed E-state index contributed by atoms with van der Waals surface area (Å²) in [6.45, 7) is 6.68. The summed E-state index contributed by atoms with van der Waals surface area (Å²) in [5.41, 5.74) is 1.95. The predicted molar refractivity (Wildman–Crippen MR) is 80.9 cm³/mol. The zero-order valence-electron chi connectivity index (χ0n) is 13.6.